The normalized spacial score (nSPS) is 15.0. The van der Waals surface area contributed by atoms with E-state index in [4.69, 9.17) is 4.74 Å². The minimum atomic E-state index is -1.29. The molecule has 3 heterocycles. The number of nitrogens with zero attached hydrogens (tertiary/aromatic N) is 5. The highest BCUT2D eigenvalue weighted by Gasteiger charge is 2.44. The summed E-state index contributed by atoms with van der Waals surface area (Å²) in [5.41, 5.74) is 1.20. The predicted octanol–water partition coefficient (Wildman–Crippen LogP) is 5.68. The summed E-state index contributed by atoms with van der Waals surface area (Å²) in [5.74, 6) is -3.19. The van der Waals surface area contributed by atoms with Gasteiger partial charge >= 0.3 is 6.03 Å². The highest BCUT2D eigenvalue weighted by Crippen LogP contribution is 2.30. The summed E-state index contributed by atoms with van der Waals surface area (Å²) < 4.78 is 34.3. The Bertz CT molecular complexity index is 1680. The largest absolute Gasteiger partial charge is 0.454 e. The number of pyridine rings is 1. The van der Waals surface area contributed by atoms with Crippen molar-refractivity contribution in [1.82, 2.24) is 19.9 Å². The van der Waals surface area contributed by atoms with E-state index in [1.807, 2.05) is 6.92 Å². The molecule has 1 aliphatic rings. The average molecular weight is 602 g/mol. The number of carbonyl (C=O) groups excluding carboxylic acids is 3. The van der Waals surface area contributed by atoms with Crippen LogP contribution in [0.2, 0.25) is 0 Å². The zero-order valence-electron chi connectivity index (χ0n) is 24.1. The smallest absolute Gasteiger partial charge is 0.331 e. The maximum absolute atomic E-state index is 15.1. The Hall–Kier alpha value is -5.46. The van der Waals surface area contributed by atoms with E-state index in [0.717, 1.165) is 35.1 Å². The lowest BCUT2D eigenvalue weighted by Crippen LogP contribution is -2.61. The number of halogens is 2. The van der Waals surface area contributed by atoms with Gasteiger partial charge in [0, 0.05) is 49.0 Å². The maximum atomic E-state index is 15.1. The van der Waals surface area contributed by atoms with Crippen LogP contribution in [0, 0.1) is 17.6 Å². The van der Waals surface area contributed by atoms with Crippen molar-refractivity contribution in [1.29, 1.82) is 0 Å². The fourth-order valence-corrected chi connectivity index (χ4v) is 4.46. The van der Waals surface area contributed by atoms with E-state index in [1.54, 1.807) is 38.4 Å². The van der Waals surface area contributed by atoms with Crippen LogP contribution in [0.5, 0.6) is 11.5 Å². The summed E-state index contributed by atoms with van der Waals surface area (Å²) in [6, 6.07) is 10.8. The van der Waals surface area contributed by atoms with E-state index in [-0.39, 0.29) is 35.5 Å². The summed E-state index contributed by atoms with van der Waals surface area (Å²) >= 11 is 0. The number of amides is 4. The molecule has 11 nitrogen and oxygen atoms in total. The van der Waals surface area contributed by atoms with Crippen LogP contribution in [-0.2, 0) is 16.0 Å². The Kier molecular flexibility index (Phi) is 8.74. The number of imide groups is 1. The van der Waals surface area contributed by atoms with Crippen molar-refractivity contribution >= 4 is 41.0 Å². The van der Waals surface area contributed by atoms with Gasteiger partial charge in [-0.25, -0.2) is 33.4 Å². The van der Waals surface area contributed by atoms with E-state index >= 15 is 4.39 Å². The van der Waals surface area contributed by atoms with Gasteiger partial charge in [-0.2, -0.15) is 0 Å². The molecule has 1 unspecified atom stereocenters. The number of hydrogen-bond acceptors (Lipinski definition) is 8. The van der Waals surface area contributed by atoms with Crippen LogP contribution in [0.1, 0.15) is 26.3 Å². The molecule has 0 saturated carbocycles. The second-order valence-electron chi connectivity index (χ2n) is 10.2. The zero-order valence-corrected chi connectivity index (χ0v) is 24.1. The number of rotatable bonds is 9. The molecular formula is C31H29F2N7O4. The molecular weight excluding hydrogens is 572 g/mol. The number of ether oxygens (including phenoxy) is 1. The lowest BCUT2D eigenvalue weighted by molar-refractivity contribution is -0.132. The standard InChI is InChI=1S/C31H29F2N7O4/c1-4-19-15-35-30(36-16-19)38-27-14-23(11-12-34-27)44-26-10-7-21(13-25(26)33)37-28(41)24-17-39(18(2)3)31(43)40(29(24)42)22-8-5-20(32)6-9-22/h5-16,18,24H,4,17H2,1-3H3,(H,37,41)(H,34,35,36,38). The minimum absolute atomic E-state index is 0.0822. The lowest BCUT2D eigenvalue weighted by Gasteiger charge is -2.39. The molecule has 4 aromatic rings. The maximum Gasteiger partial charge on any atom is 0.331 e. The topological polar surface area (TPSA) is 130 Å². The number of anilines is 4. The molecule has 1 atom stereocenters. The van der Waals surface area contributed by atoms with Gasteiger partial charge in [0.25, 0.3) is 0 Å². The first-order valence-electron chi connectivity index (χ1n) is 13.8. The Labute approximate surface area is 251 Å². The number of benzene rings is 2. The monoisotopic (exact) mass is 601 g/mol. The van der Waals surface area contributed by atoms with Crippen LogP contribution in [0.3, 0.4) is 0 Å². The molecule has 1 saturated heterocycles. The molecule has 1 fully saturated rings. The molecule has 2 aromatic carbocycles. The van der Waals surface area contributed by atoms with Gasteiger partial charge < -0.3 is 20.3 Å². The number of aromatic nitrogens is 3. The van der Waals surface area contributed by atoms with Crippen LogP contribution >= 0.6 is 0 Å². The molecule has 1 aliphatic heterocycles. The Morgan fingerprint density at radius 3 is 2.41 bits per heavy atom. The van der Waals surface area contributed by atoms with Crippen LogP contribution < -0.4 is 20.3 Å². The Balaban J connectivity index is 1.28. The van der Waals surface area contributed by atoms with Crippen LogP contribution in [0.4, 0.5) is 36.7 Å². The van der Waals surface area contributed by atoms with Gasteiger partial charge in [0.05, 0.1) is 5.69 Å². The van der Waals surface area contributed by atoms with Gasteiger partial charge in [-0.05, 0) is 68.3 Å². The van der Waals surface area contributed by atoms with Crippen molar-refractivity contribution < 1.29 is 27.9 Å². The van der Waals surface area contributed by atoms with Gasteiger partial charge in [-0.15, -0.1) is 0 Å². The molecule has 0 aliphatic carbocycles. The average Bonchev–Trinajstić information content (AvgIpc) is 3.00. The molecule has 226 valence electrons. The van der Waals surface area contributed by atoms with Gasteiger partial charge in [-0.3, -0.25) is 9.59 Å². The van der Waals surface area contributed by atoms with Crippen molar-refractivity contribution in [2.75, 3.05) is 22.1 Å². The minimum Gasteiger partial charge on any atom is -0.454 e. The molecule has 5 rings (SSSR count). The Morgan fingerprint density at radius 2 is 1.75 bits per heavy atom. The summed E-state index contributed by atoms with van der Waals surface area (Å²) in [4.78, 5) is 54.6. The Morgan fingerprint density at radius 1 is 1.02 bits per heavy atom. The van der Waals surface area contributed by atoms with E-state index in [2.05, 4.69) is 25.6 Å². The van der Waals surface area contributed by atoms with E-state index in [9.17, 15) is 18.8 Å². The third-order valence-electron chi connectivity index (χ3n) is 6.87. The highest BCUT2D eigenvalue weighted by molar-refractivity contribution is 6.23. The molecule has 0 bridgehead atoms. The predicted molar refractivity (Wildman–Crippen MR) is 159 cm³/mol. The first-order chi connectivity index (χ1) is 21.1. The SMILES string of the molecule is CCc1cnc(Nc2cc(Oc3ccc(NC(=O)C4CN(C(C)C)C(=O)N(c5ccc(F)cc5)C4=O)cc3F)ccn2)nc1. The second kappa shape index (κ2) is 12.8. The van der Waals surface area contributed by atoms with Gasteiger partial charge in [-0.1, -0.05) is 6.92 Å². The molecule has 13 heteroatoms. The number of hydrogen-bond donors (Lipinski definition) is 2. The van der Waals surface area contributed by atoms with Crippen molar-refractivity contribution in [2.45, 2.75) is 33.2 Å². The van der Waals surface area contributed by atoms with Gasteiger partial charge in [0.1, 0.15) is 23.3 Å². The molecule has 0 spiro atoms. The first-order valence-corrected chi connectivity index (χ1v) is 13.8. The molecule has 0 radical (unpaired) electrons. The van der Waals surface area contributed by atoms with Crippen LogP contribution in [0.25, 0.3) is 0 Å². The first kappa shape index (κ1) is 30.0. The van der Waals surface area contributed by atoms with Crippen LogP contribution in [0.15, 0.2) is 73.2 Å². The summed E-state index contributed by atoms with van der Waals surface area (Å²) in [5, 5.41) is 5.52. The molecule has 4 amide bonds. The third kappa shape index (κ3) is 6.61. The number of carbonyl (C=O) groups is 3. The number of urea groups is 1. The quantitative estimate of drug-likeness (QED) is 0.235. The number of aryl methyl sites for hydroxylation is 1. The van der Waals surface area contributed by atoms with Crippen molar-refractivity contribution in [3.05, 3.63) is 90.4 Å². The van der Waals surface area contributed by atoms with E-state index < -0.39 is 35.4 Å². The summed E-state index contributed by atoms with van der Waals surface area (Å²) in [6.45, 7) is 5.33. The van der Waals surface area contributed by atoms with E-state index in [0.29, 0.717) is 11.8 Å². The third-order valence-corrected chi connectivity index (χ3v) is 6.87. The summed E-state index contributed by atoms with van der Waals surface area (Å²) in [7, 11) is 0. The van der Waals surface area contributed by atoms with Crippen molar-refractivity contribution in [3.8, 4) is 11.5 Å². The van der Waals surface area contributed by atoms with Crippen molar-refractivity contribution in [3.63, 3.8) is 0 Å². The highest BCUT2D eigenvalue weighted by atomic mass is 19.1. The molecule has 44 heavy (non-hydrogen) atoms. The molecule has 2 N–H and O–H groups in total. The zero-order chi connectivity index (χ0) is 31.4. The van der Waals surface area contributed by atoms with Crippen LogP contribution in [-0.4, -0.2) is 50.3 Å². The number of nitrogens with one attached hydrogen (secondary N) is 2. The van der Waals surface area contributed by atoms with E-state index in [1.165, 1.54) is 35.4 Å². The fourth-order valence-electron chi connectivity index (χ4n) is 4.46. The summed E-state index contributed by atoms with van der Waals surface area (Å²) in [6.07, 6.45) is 5.70. The van der Waals surface area contributed by atoms with Crippen molar-refractivity contribution in [2.24, 2.45) is 5.92 Å². The van der Waals surface area contributed by atoms with Gasteiger partial charge in [0.2, 0.25) is 17.8 Å². The second-order valence-corrected chi connectivity index (χ2v) is 10.2. The molecule has 2 aromatic heterocycles. The van der Waals surface area contributed by atoms with Gasteiger partial charge in [0.15, 0.2) is 11.6 Å². The fraction of sp³-hybridized carbons (Fsp3) is 0.226. The lowest BCUT2D eigenvalue weighted by atomic mass is 10.0.